The SMILES string of the molecule is CSCC(C)CNC(=O)c1cc(N)cc(C)c1F. The summed E-state index contributed by atoms with van der Waals surface area (Å²) in [7, 11) is 0. The van der Waals surface area contributed by atoms with E-state index in [4.69, 9.17) is 5.73 Å². The first-order valence-electron chi connectivity index (χ1n) is 5.78. The van der Waals surface area contributed by atoms with Crippen LogP contribution in [0.1, 0.15) is 22.8 Å². The van der Waals surface area contributed by atoms with E-state index in [2.05, 4.69) is 5.32 Å². The second-order valence-corrected chi connectivity index (χ2v) is 5.38. The fraction of sp³-hybridized carbons (Fsp3) is 0.462. The molecule has 0 aliphatic heterocycles. The summed E-state index contributed by atoms with van der Waals surface area (Å²) in [6.07, 6.45) is 2.01. The van der Waals surface area contributed by atoms with Crippen LogP contribution in [0.5, 0.6) is 0 Å². The molecule has 0 fully saturated rings. The molecule has 3 nitrogen and oxygen atoms in total. The van der Waals surface area contributed by atoms with Crippen molar-refractivity contribution in [2.24, 2.45) is 5.92 Å². The van der Waals surface area contributed by atoms with Gasteiger partial charge in [-0.05, 0) is 42.5 Å². The summed E-state index contributed by atoms with van der Waals surface area (Å²) in [6, 6.07) is 2.89. The van der Waals surface area contributed by atoms with E-state index in [0.29, 0.717) is 23.7 Å². The Morgan fingerprint density at radius 2 is 2.22 bits per heavy atom. The number of nitrogens with one attached hydrogen (secondary N) is 1. The van der Waals surface area contributed by atoms with Crippen LogP contribution < -0.4 is 11.1 Å². The number of aryl methyl sites for hydroxylation is 1. The standard InChI is InChI=1S/C13H19FN2OS/c1-8(7-18-3)6-16-13(17)11-5-10(15)4-9(2)12(11)14/h4-5,8H,6-7,15H2,1-3H3,(H,16,17). The molecular formula is C13H19FN2OS. The summed E-state index contributed by atoms with van der Waals surface area (Å²) >= 11 is 1.72. The lowest BCUT2D eigenvalue weighted by atomic mass is 10.1. The van der Waals surface area contributed by atoms with Gasteiger partial charge in [0.25, 0.3) is 5.91 Å². The van der Waals surface area contributed by atoms with Gasteiger partial charge in [-0.25, -0.2) is 4.39 Å². The number of rotatable bonds is 5. The van der Waals surface area contributed by atoms with E-state index >= 15 is 0 Å². The number of nitrogen functional groups attached to an aromatic ring is 1. The number of hydrogen-bond donors (Lipinski definition) is 2. The van der Waals surface area contributed by atoms with E-state index in [9.17, 15) is 9.18 Å². The monoisotopic (exact) mass is 270 g/mol. The smallest absolute Gasteiger partial charge is 0.254 e. The Hall–Kier alpha value is -1.23. The molecule has 0 saturated carbocycles. The fourth-order valence-corrected chi connectivity index (χ4v) is 2.36. The lowest BCUT2D eigenvalue weighted by molar-refractivity contribution is 0.0945. The Kier molecular flexibility index (Phi) is 5.47. The Morgan fingerprint density at radius 3 is 2.83 bits per heavy atom. The molecule has 1 atom stereocenters. The molecule has 1 amide bonds. The van der Waals surface area contributed by atoms with Crippen LogP contribution in [-0.4, -0.2) is 24.5 Å². The van der Waals surface area contributed by atoms with Crippen molar-refractivity contribution in [1.29, 1.82) is 0 Å². The normalized spacial score (nSPS) is 12.2. The summed E-state index contributed by atoms with van der Waals surface area (Å²) in [5.74, 6) is 0.405. The van der Waals surface area contributed by atoms with E-state index in [-0.39, 0.29) is 5.56 Å². The molecule has 0 saturated heterocycles. The molecule has 18 heavy (non-hydrogen) atoms. The number of nitrogens with two attached hydrogens (primary N) is 1. The maximum absolute atomic E-state index is 13.8. The number of anilines is 1. The molecule has 100 valence electrons. The lowest BCUT2D eigenvalue weighted by Crippen LogP contribution is -2.30. The Balaban J connectivity index is 2.73. The molecular weight excluding hydrogens is 251 g/mol. The van der Waals surface area contributed by atoms with E-state index in [1.165, 1.54) is 12.1 Å². The fourth-order valence-electron chi connectivity index (χ4n) is 1.67. The minimum atomic E-state index is -0.501. The lowest BCUT2D eigenvalue weighted by Gasteiger charge is -2.12. The third-order valence-electron chi connectivity index (χ3n) is 2.58. The average Bonchev–Trinajstić information content (AvgIpc) is 2.31. The van der Waals surface area contributed by atoms with Crippen LogP contribution in [0.4, 0.5) is 10.1 Å². The van der Waals surface area contributed by atoms with Gasteiger partial charge in [-0.15, -0.1) is 0 Å². The van der Waals surface area contributed by atoms with Crippen LogP contribution in [0.3, 0.4) is 0 Å². The first-order valence-corrected chi connectivity index (χ1v) is 7.17. The van der Waals surface area contributed by atoms with Crippen LogP contribution >= 0.6 is 11.8 Å². The first kappa shape index (κ1) is 14.8. The third-order valence-corrected chi connectivity index (χ3v) is 3.49. The molecule has 1 rings (SSSR count). The van der Waals surface area contributed by atoms with Crippen molar-refractivity contribution in [1.82, 2.24) is 5.32 Å². The number of amides is 1. The highest BCUT2D eigenvalue weighted by Crippen LogP contribution is 2.17. The zero-order valence-electron chi connectivity index (χ0n) is 10.9. The van der Waals surface area contributed by atoms with Gasteiger partial charge in [0.15, 0.2) is 0 Å². The van der Waals surface area contributed by atoms with E-state index < -0.39 is 11.7 Å². The number of carbonyl (C=O) groups is 1. The molecule has 0 heterocycles. The number of halogens is 1. The van der Waals surface area contributed by atoms with Crippen molar-refractivity contribution in [3.05, 3.63) is 29.1 Å². The van der Waals surface area contributed by atoms with Crippen molar-refractivity contribution in [2.45, 2.75) is 13.8 Å². The minimum Gasteiger partial charge on any atom is -0.399 e. The van der Waals surface area contributed by atoms with Crippen LogP contribution in [0.25, 0.3) is 0 Å². The van der Waals surface area contributed by atoms with Crippen LogP contribution in [0, 0.1) is 18.7 Å². The summed E-state index contributed by atoms with van der Waals surface area (Å²) in [5, 5.41) is 2.73. The molecule has 0 spiro atoms. The van der Waals surface area contributed by atoms with Gasteiger partial charge in [-0.1, -0.05) is 6.92 Å². The van der Waals surface area contributed by atoms with E-state index in [1.807, 2.05) is 13.2 Å². The molecule has 3 N–H and O–H groups in total. The number of hydrogen-bond acceptors (Lipinski definition) is 3. The minimum absolute atomic E-state index is 0.0175. The van der Waals surface area contributed by atoms with Gasteiger partial charge in [0.1, 0.15) is 5.82 Å². The van der Waals surface area contributed by atoms with Crippen LogP contribution in [-0.2, 0) is 0 Å². The van der Waals surface area contributed by atoms with Gasteiger partial charge in [-0.3, -0.25) is 4.79 Å². The highest BCUT2D eigenvalue weighted by molar-refractivity contribution is 7.98. The molecule has 5 heteroatoms. The molecule has 0 aromatic heterocycles. The predicted molar refractivity (Wildman–Crippen MR) is 75.4 cm³/mol. The second-order valence-electron chi connectivity index (χ2n) is 4.47. The summed E-state index contributed by atoms with van der Waals surface area (Å²) < 4.78 is 13.8. The zero-order valence-corrected chi connectivity index (χ0v) is 11.7. The predicted octanol–water partition coefficient (Wildman–Crippen LogP) is 2.45. The number of thioether (sulfide) groups is 1. The summed E-state index contributed by atoms with van der Waals surface area (Å²) in [4.78, 5) is 11.9. The number of carbonyl (C=O) groups excluding carboxylic acids is 1. The summed E-state index contributed by atoms with van der Waals surface area (Å²) in [5.41, 5.74) is 6.42. The summed E-state index contributed by atoms with van der Waals surface area (Å²) in [6.45, 7) is 4.17. The van der Waals surface area contributed by atoms with Gasteiger partial charge in [0, 0.05) is 12.2 Å². The van der Waals surface area contributed by atoms with Gasteiger partial charge in [0.2, 0.25) is 0 Å². The van der Waals surface area contributed by atoms with Gasteiger partial charge in [0.05, 0.1) is 5.56 Å². The Labute approximate surface area is 111 Å². The maximum Gasteiger partial charge on any atom is 0.254 e. The highest BCUT2D eigenvalue weighted by Gasteiger charge is 2.15. The zero-order chi connectivity index (χ0) is 13.7. The molecule has 1 aromatic rings. The number of benzene rings is 1. The first-order chi connectivity index (χ1) is 8.45. The molecule has 0 radical (unpaired) electrons. The largest absolute Gasteiger partial charge is 0.399 e. The van der Waals surface area contributed by atoms with E-state index in [1.54, 1.807) is 18.7 Å². The Bertz CT molecular complexity index is 437. The molecule has 1 aromatic carbocycles. The Morgan fingerprint density at radius 1 is 1.56 bits per heavy atom. The average molecular weight is 270 g/mol. The third kappa shape index (κ3) is 3.91. The quantitative estimate of drug-likeness (QED) is 0.808. The second kappa shape index (κ2) is 6.64. The van der Waals surface area contributed by atoms with Gasteiger partial charge >= 0.3 is 0 Å². The van der Waals surface area contributed by atoms with Crippen molar-refractivity contribution < 1.29 is 9.18 Å². The molecule has 0 aliphatic carbocycles. The molecule has 0 aliphatic rings. The van der Waals surface area contributed by atoms with Crippen molar-refractivity contribution in [3.8, 4) is 0 Å². The highest BCUT2D eigenvalue weighted by atomic mass is 32.2. The van der Waals surface area contributed by atoms with Crippen molar-refractivity contribution in [3.63, 3.8) is 0 Å². The molecule has 0 bridgehead atoms. The van der Waals surface area contributed by atoms with Gasteiger partial charge in [-0.2, -0.15) is 11.8 Å². The van der Waals surface area contributed by atoms with Crippen molar-refractivity contribution >= 4 is 23.4 Å². The van der Waals surface area contributed by atoms with E-state index in [0.717, 1.165) is 5.75 Å². The van der Waals surface area contributed by atoms with Crippen LogP contribution in [0.2, 0.25) is 0 Å². The van der Waals surface area contributed by atoms with Crippen molar-refractivity contribution in [2.75, 3.05) is 24.3 Å². The van der Waals surface area contributed by atoms with Gasteiger partial charge < -0.3 is 11.1 Å². The van der Waals surface area contributed by atoms with Crippen LogP contribution in [0.15, 0.2) is 12.1 Å². The molecule has 1 unspecified atom stereocenters. The maximum atomic E-state index is 13.8. The topological polar surface area (TPSA) is 55.1 Å².